The van der Waals surface area contributed by atoms with Crippen LogP contribution >= 0.6 is 0 Å². The molecule has 0 atom stereocenters. The molecular weight excluding hydrogens is 264 g/mol. The van der Waals surface area contributed by atoms with Gasteiger partial charge in [0.05, 0.1) is 5.56 Å². The van der Waals surface area contributed by atoms with Crippen molar-refractivity contribution in [3.05, 3.63) is 53.5 Å². The number of amides is 1. The summed E-state index contributed by atoms with van der Waals surface area (Å²) in [6.45, 7) is 5.43. The van der Waals surface area contributed by atoms with Crippen LogP contribution in [0.15, 0.2) is 36.8 Å². The Morgan fingerprint density at radius 3 is 2.76 bits per heavy atom. The zero-order valence-electron chi connectivity index (χ0n) is 12.4. The second-order valence-corrected chi connectivity index (χ2v) is 4.84. The molecular formula is C16H20N4O. The number of carbonyl (C=O) groups is 1. The molecule has 0 radical (unpaired) electrons. The summed E-state index contributed by atoms with van der Waals surface area (Å²) in [5, 5.41) is 6.07. The molecule has 0 aromatic carbocycles. The SMILES string of the molecule is CCCNc1ccc(C(=O)NCc2ccncc2C)cn1. The van der Waals surface area contributed by atoms with Gasteiger partial charge in [0, 0.05) is 31.7 Å². The molecule has 5 nitrogen and oxygen atoms in total. The summed E-state index contributed by atoms with van der Waals surface area (Å²) < 4.78 is 0. The highest BCUT2D eigenvalue weighted by Gasteiger charge is 2.06. The number of pyridine rings is 2. The van der Waals surface area contributed by atoms with Gasteiger partial charge in [-0.1, -0.05) is 6.92 Å². The summed E-state index contributed by atoms with van der Waals surface area (Å²) in [4.78, 5) is 20.3. The summed E-state index contributed by atoms with van der Waals surface area (Å²) >= 11 is 0. The van der Waals surface area contributed by atoms with Gasteiger partial charge >= 0.3 is 0 Å². The number of carbonyl (C=O) groups excluding carboxylic acids is 1. The molecule has 0 spiro atoms. The smallest absolute Gasteiger partial charge is 0.253 e. The van der Waals surface area contributed by atoms with Crippen molar-refractivity contribution in [3.63, 3.8) is 0 Å². The van der Waals surface area contributed by atoms with Gasteiger partial charge in [-0.2, -0.15) is 0 Å². The van der Waals surface area contributed by atoms with Crippen LogP contribution in [0.2, 0.25) is 0 Å². The monoisotopic (exact) mass is 284 g/mol. The van der Waals surface area contributed by atoms with E-state index in [2.05, 4.69) is 27.5 Å². The third-order valence-corrected chi connectivity index (χ3v) is 3.16. The number of nitrogens with one attached hydrogen (secondary N) is 2. The highest BCUT2D eigenvalue weighted by atomic mass is 16.1. The first kappa shape index (κ1) is 15.0. The topological polar surface area (TPSA) is 66.9 Å². The molecule has 0 bridgehead atoms. The van der Waals surface area contributed by atoms with Crippen LogP contribution < -0.4 is 10.6 Å². The lowest BCUT2D eigenvalue weighted by molar-refractivity contribution is 0.0950. The number of aromatic nitrogens is 2. The van der Waals surface area contributed by atoms with Crippen LogP contribution in [0, 0.1) is 6.92 Å². The van der Waals surface area contributed by atoms with Crippen LogP contribution in [0.25, 0.3) is 0 Å². The minimum atomic E-state index is -0.124. The lowest BCUT2D eigenvalue weighted by Crippen LogP contribution is -2.23. The summed E-state index contributed by atoms with van der Waals surface area (Å²) in [5.41, 5.74) is 2.69. The van der Waals surface area contributed by atoms with Crippen molar-refractivity contribution in [1.82, 2.24) is 15.3 Å². The standard InChI is InChI=1S/C16H20N4O/c1-3-7-18-15-5-4-14(11-19-15)16(21)20-10-13-6-8-17-9-12(13)2/h4-6,8-9,11H,3,7,10H2,1-2H3,(H,18,19)(H,20,21). The third-order valence-electron chi connectivity index (χ3n) is 3.16. The summed E-state index contributed by atoms with van der Waals surface area (Å²) in [6, 6.07) is 5.51. The predicted molar refractivity (Wildman–Crippen MR) is 83.2 cm³/mol. The van der Waals surface area contributed by atoms with Crippen molar-refractivity contribution in [1.29, 1.82) is 0 Å². The summed E-state index contributed by atoms with van der Waals surface area (Å²) in [6.07, 6.45) is 6.14. The first-order valence-electron chi connectivity index (χ1n) is 7.08. The molecule has 2 N–H and O–H groups in total. The Kier molecular flexibility index (Phi) is 5.26. The fourth-order valence-electron chi connectivity index (χ4n) is 1.86. The van der Waals surface area contributed by atoms with E-state index in [-0.39, 0.29) is 5.91 Å². The molecule has 0 aliphatic rings. The zero-order chi connectivity index (χ0) is 15.1. The second-order valence-electron chi connectivity index (χ2n) is 4.84. The van der Waals surface area contributed by atoms with Crippen LogP contribution in [0.1, 0.15) is 34.8 Å². The van der Waals surface area contributed by atoms with E-state index in [1.807, 2.05) is 19.1 Å². The highest BCUT2D eigenvalue weighted by molar-refractivity contribution is 5.94. The Hall–Kier alpha value is -2.43. The van der Waals surface area contributed by atoms with Gasteiger partial charge in [-0.05, 0) is 42.7 Å². The van der Waals surface area contributed by atoms with Gasteiger partial charge in [-0.15, -0.1) is 0 Å². The largest absolute Gasteiger partial charge is 0.370 e. The molecule has 0 aliphatic carbocycles. The lowest BCUT2D eigenvalue weighted by atomic mass is 10.1. The Morgan fingerprint density at radius 1 is 1.24 bits per heavy atom. The van der Waals surface area contributed by atoms with Crippen molar-refractivity contribution < 1.29 is 4.79 Å². The van der Waals surface area contributed by atoms with Gasteiger partial charge in [0.25, 0.3) is 5.91 Å². The van der Waals surface area contributed by atoms with E-state index >= 15 is 0 Å². The fraction of sp³-hybridized carbons (Fsp3) is 0.312. The number of nitrogens with zero attached hydrogens (tertiary/aromatic N) is 2. The van der Waals surface area contributed by atoms with E-state index in [1.165, 1.54) is 0 Å². The Balaban J connectivity index is 1.93. The van der Waals surface area contributed by atoms with E-state index in [0.29, 0.717) is 12.1 Å². The molecule has 2 aromatic rings. The van der Waals surface area contributed by atoms with E-state index < -0.39 is 0 Å². The van der Waals surface area contributed by atoms with Crippen LogP contribution in [0.4, 0.5) is 5.82 Å². The number of hydrogen-bond donors (Lipinski definition) is 2. The van der Waals surface area contributed by atoms with Gasteiger partial charge in [0.15, 0.2) is 0 Å². The van der Waals surface area contributed by atoms with E-state index in [1.54, 1.807) is 24.7 Å². The van der Waals surface area contributed by atoms with Gasteiger partial charge in [0.1, 0.15) is 5.82 Å². The zero-order valence-corrected chi connectivity index (χ0v) is 12.4. The molecule has 1 amide bonds. The first-order valence-corrected chi connectivity index (χ1v) is 7.08. The van der Waals surface area contributed by atoms with Gasteiger partial charge in [0.2, 0.25) is 0 Å². The maximum Gasteiger partial charge on any atom is 0.253 e. The van der Waals surface area contributed by atoms with Crippen molar-refractivity contribution in [2.75, 3.05) is 11.9 Å². The van der Waals surface area contributed by atoms with E-state index in [4.69, 9.17) is 0 Å². The van der Waals surface area contributed by atoms with Crippen molar-refractivity contribution in [2.24, 2.45) is 0 Å². The molecule has 0 aliphatic heterocycles. The summed E-state index contributed by atoms with van der Waals surface area (Å²) in [5.74, 6) is 0.666. The van der Waals surface area contributed by atoms with Crippen molar-refractivity contribution in [3.8, 4) is 0 Å². The molecule has 2 aromatic heterocycles. The minimum absolute atomic E-state index is 0.124. The Bertz CT molecular complexity index is 595. The molecule has 0 unspecified atom stereocenters. The first-order chi connectivity index (χ1) is 10.2. The minimum Gasteiger partial charge on any atom is -0.370 e. The quantitative estimate of drug-likeness (QED) is 0.855. The normalized spacial score (nSPS) is 10.2. The number of anilines is 1. The fourth-order valence-corrected chi connectivity index (χ4v) is 1.86. The van der Waals surface area contributed by atoms with Crippen molar-refractivity contribution >= 4 is 11.7 Å². The Morgan fingerprint density at radius 2 is 2.10 bits per heavy atom. The molecule has 5 heteroatoms. The molecule has 2 heterocycles. The molecule has 21 heavy (non-hydrogen) atoms. The number of aryl methyl sites for hydroxylation is 1. The average molecular weight is 284 g/mol. The lowest BCUT2D eigenvalue weighted by Gasteiger charge is -2.08. The molecule has 0 saturated carbocycles. The molecule has 110 valence electrons. The van der Waals surface area contributed by atoms with Crippen molar-refractivity contribution in [2.45, 2.75) is 26.8 Å². The molecule has 0 fully saturated rings. The van der Waals surface area contributed by atoms with Crippen LogP contribution in [-0.4, -0.2) is 22.4 Å². The van der Waals surface area contributed by atoms with Crippen LogP contribution in [-0.2, 0) is 6.54 Å². The van der Waals surface area contributed by atoms with Gasteiger partial charge < -0.3 is 10.6 Å². The van der Waals surface area contributed by atoms with Crippen LogP contribution in [0.5, 0.6) is 0 Å². The van der Waals surface area contributed by atoms with E-state index in [9.17, 15) is 4.79 Å². The van der Waals surface area contributed by atoms with Crippen LogP contribution in [0.3, 0.4) is 0 Å². The van der Waals surface area contributed by atoms with E-state index in [0.717, 1.165) is 29.9 Å². The van der Waals surface area contributed by atoms with Gasteiger partial charge in [-0.3, -0.25) is 9.78 Å². The maximum atomic E-state index is 12.1. The maximum absolute atomic E-state index is 12.1. The molecule has 2 rings (SSSR count). The predicted octanol–water partition coefficient (Wildman–Crippen LogP) is 2.54. The Labute approximate surface area is 124 Å². The highest BCUT2D eigenvalue weighted by Crippen LogP contribution is 2.07. The molecule has 0 saturated heterocycles. The third kappa shape index (κ3) is 4.27. The second kappa shape index (κ2) is 7.38. The average Bonchev–Trinajstić information content (AvgIpc) is 2.52. The number of hydrogen-bond acceptors (Lipinski definition) is 4. The summed E-state index contributed by atoms with van der Waals surface area (Å²) in [7, 11) is 0. The van der Waals surface area contributed by atoms with Gasteiger partial charge in [-0.25, -0.2) is 4.98 Å². The number of rotatable bonds is 6.